The topological polar surface area (TPSA) is 100 Å². The standard InChI is InChI=1S/C14H20N4O3/c15-14(18-7-9-21-10-8-18)17-6-5-16-13(20)11-1-3-12(19)4-2-11/h1-4,19H,5-10H2,(H2,15,17)(H,16,20). The monoisotopic (exact) mass is 292 g/mol. The molecule has 1 aliphatic rings. The van der Waals surface area contributed by atoms with Gasteiger partial charge in [-0.15, -0.1) is 0 Å². The van der Waals surface area contributed by atoms with Crippen LogP contribution in [-0.2, 0) is 4.74 Å². The van der Waals surface area contributed by atoms with Gasteiger partial charge < -0.3 is 25.8 Å². The van der Waals surface area contributed by atoms with Gasteiger partial charge in [-0.25, -0.2) is 0 Å². The number of hydrogen-bond acceptors (Lipinski definition) is 4. The normalized spacial score (nSPS) is 15.8. The minimum absolute atomic E-state index is 0.134. The van der Waals surface area contributed by atoms with E-state index in [-0.39, 0.29) is 11.7 Å². The Morgan fingerprint density at radius 1 is 1.33 bits per heavy atom. The summed E-state index contributed by atoms with van der Waals surface area (Å²) in [6, 6.07) is 6.08. The van der Waals surface area contributed by atoms with Crippen LogP contribution >= 0.6 is 0 Å². The Hall–Kier alpha value is -2.28. The third-order valence-electron chi connectivity index (χ3n) is 3.14. The Bertz CT molecular complexity index is 495. The summed E-state index contributed by atoms with van der Waals surface area (Å²) in [6.07, 6.45) is 0. The number of nitrogens with one attached hydrogen (secondary N) is 1. The molecule has 0 radical (unpaired) electrons. The molecule has 0 saturated carbocycles. The van der Waals surface area contributed by atoms with Crippen molar-refractivity contribution in [3.63, 3.8) is 0 Å². The van der Waals surface area contributed by atoms with Crippen molar-refractivity contribution in [3.05, 3.63) is 29.8 Å². The summed E-state index contributed by atoms with van der Waals surface area (Å²) in [4.78, 5) is 18.0. The number of amides is 1. The molecule has 7 heteroatoms. The Balaban J connectivity index is 1.73. The van der Waals surface area contributed by atoms with Crippen LogP contribution in [0, 0.1) is 0 Å². The van der Waals surface area contributed by atoms with E-state index in [1.54, 1.807) is 12.1 Å². The second-order valence-corrected chi connectivity index (χ2v) is 4.64. The van der Waals surface area contributed by atoms with Crippen molar-refractivity contribution in [1.82, 2.24) is 10.2 Å². The lowest BCUT2D eigenvalue weighted by atomic mass is 10.2. The lowest BCUT2D eigenvalue weighted by Gasteiger charge is -2.27. The number of nitrogens with zero attached hydrogens (tertiary/aromatic N) is 2. The molecule has 1 aromatic rings. The van der Waals surface area contributed by atoms with E-state index in [9.17, 15) is 4.79 Å². The van der Waals surface area contributed by atoms with Crippen molar-refractivity contribution in [2.24, 2.45) is 10.7 Å². The van der Waals surface area contributed by atoms with Gasteiger partial charge in [0.15, 0.2) is 5.96 Å². The molecule has 1 amide bonds. The van der Waals surface area contributed by atoms with Gasteiger partial charge in [-0.3, -0.25) is 9.79 Å². The number of carbonyl (C=O) groups excluding carboxylic acids is 1. The molecule has 1 saturated heterocycles. The number of aliphatic imine (C=N–C) groups is 1. The molecular weight excluding hydrogens is 272 g/mol. The van der Waals surface area contributed by atoms with Crippen molar-refractivity contribution in [3.8, 4) is 5.75 Å². The molecule has 0 spiro atoms. The average Bonchev–Trinajstić information content (AvgIpc) is 2.52. The van der Waals surface area contributed by atoms with E-state index < -0.39 is 0 Å². The average molecular weight is 292 g/mol. The predicted octanol–water partition coefficient (Wildman–Crippen LogP) is -0.231. The number of morpholine rings is 1. The van der Waals surface area contributed by atoms with E-state index in [0.29, 0.717) is 37.8 Å². The highest BCUT2D eigenvalue weighted by Crippen LogP contribution is 2.09. The Kier molecular flexibility index (Phi) is 5.39. The van der Waals surface area contributed by atoms with Crippen LogP contribution < -0.4 is 11.1 Å². The number of nitrogens with two attached hydrogens (primary N) is 1. The summed E-state index contributed by atoms with van der Waals surface area (Å²) < 4.78 is 5.24. The fourth-order valence-corrected chi connectivity index (χ4v) is 1.95. The van der Waals surface area contributed by atoms with Gasteiger partial charge in [-0.05, 0) is 24.3 Å². The maximum Gasteiger partial charge on any atom is 0.251 e. The second kappa shape index (κ2) is 7.49. The molecule has 114 valence electrons. The summed E-state index contributed by atoms with van der Waals surface area (Å²) in [5, 5.41) is 11.9. The first-order chi connectivity index (χ1) is 10.2. The van der Waals surface area contributed by atoms with E-state index in [4.69, 9.17) is 15.6 Å². The summed E-state index contributed by atoms with van der Waals surface area (Å²) in [5.74, 6) is 0.418. The van der Waals surface area contributed by atoms with Crippen LogP contribution in [0.2, 0.25) is 0 Å². The summed E-state index contributed by atoms with van der Waals surface area (Å²) in [7, 11) is 0. The molecule has 1 aromatic carbocycles. The Morgan fingerprint density at radius 2 is 2.00 bits per heavy atom. The SMILES string of the molecule is NC(=NCCNC(=O)c1ccc(O)cc1)N1CCOCC1. The second-order valence-electron chi connectivity index (χ2n) is 4.64. The van der Waals surface area contributed by atoms with E-state index in [1.807, 2.05) is 4.90 Å². The minimum atomic E-state index is -0.199. The van der Waals surface area contributed by atoms with Crippen molar-refractivity contribution < 1.29 is 14.6 Å². The first-order valence-corrected chi connectivity index (χ1v) is 6.86. The van der Waals surface area contributed by atoms with Crippen LogP contribution in [0.25, 0.3) is 0 Å². The number of guanidine groups is 1. The molecule has 0 aromatic heterocycles. The van der Waals surface area contributed by atoms with Crippen molar-refractivity contribution in [2.45, 2.75) is 0 Å². The van der Waals surface area contributed by atoms with Crippen LogP contribution in [0.15, 0.2) is 29.3 Å². The first kappa shape index (κ1) is 15.1. The van der Waals surface area contributed by atoms with Crippen LogP contribution in [0.5, 0.6) is 5.75 Å². The lowest BCUT2D eigenvalue weighted by Crippen LogP contribution is -2.45. The number of benzene rings is 1. The van der Waals surface area contributed by atoms with E-state index in [2.05, 4.69) is 10.3 Å². The van der Waals surface area contributed by atoms with Gasteiger partial charge in [0.2, 0.25) is 0 Å². The lowest BCUT2D eigenvalue weighted by molar-refractivity contribution is 0.0674. The summed E-state index contributed by atoms with van der Waals surface area (Å²) in [5.41, 5.74) is 6.37. The van der Waals surface area contributed by atoms with Gasteiger partial charge in [0.25, 0.3) is 5.91 Å². The highest BCUT2D eigenvalue weighted by molar-refractivity contribution is 5.94. The molecule has 21 heavy (non-hydrogen) atoms. The molecule has 0 unspecified atom stereocenters. The number of aromatic hydroxyl groups is 1. The van der Waals surface area contributed by atoms with E-state index >= 15 is 0 Å². The molecule has 7 nitrogen and oxygen atoms in total. The van der Waals surface area contributed by atoms with Gasteiger partial charge in [0, 0.05) is 25.2 Å². The zero-order chi connectivity index (χ0) is 15.1. The molecule has 1 fully saturated rings. The largest absolute Gasteiger partial charge is 0.508 e. The fourth-order valence-electron chi connectivity index (χ4n) is 1.95. The smallest absolute Gasteiger partial charge is 0.251 e. The number of rotatable bonds is 4. The number of phenols is 1. The molecule has 0 aliphatic carbocycles. The molecule has 1 heterocycles. The van der Waals surface area contributed by atoms with Gasteiger partial charge in [0.05, 0.1) is 19.8 Å². The van der Waals surface area contributed by atoms with Gasteiger partial charge in [-0.2, -0.15) is 0 Å². The number of phenolic OH excluding ortho intramolecular Hbond substituents is 1. The van der Waals surface area contributed by atoms with E-state index in [1.165, 1.54) is 12.1 Å². The van der Waals surface area contributed by atoms with Crippen LogP contribution in [0.1, 0.15) is 10.4 Å². The Labute approximate surface area is 123 Å². The zero-order valence-electron chi connectivity index (χ0n) is 11.8. The quantitative estimate of drug-likeness (QED) is 0.404. The molecule has 1 aliphatic heterocycles. The highest BCUT2D eigenvalue weighted by Gasteiger charge is 2.11. The van der Waals surface area contributed by atoms with Gasteiger partial charge in [0.1, 0.15) is 5.75 Å². The fraction of sp³-hybridized carbons (Fsp3) is 0.429. The van der Waals surface area contributed by atoms with Crippen molar-refractivity contribution in [1.29, 1.82) is 0 Å². The molecule has 2 rings (SSSR count). The van der Waals surface area contributed by atoms with Crippen LogP contribution in [-0.4, -0.2) is 61.3 Å². The van der Waals surface area contributed by atoms with Crippen LogP contribution in [0.3, 0.4) is 0 Å². The molecule has 0 bridgehead atoms. The van der Waals surface area contributed by atoms with Crippen LogP contribution in [0.4, 0.5) is 0 Å². The third-order valence-corrected chi connectivity index (χ3v) is 3.14. The van der Waals surface area contributed by atoms with Crippen molar-refractivity contribution >= 4 is 11.9 Å². The molecule has 0 atom stereocenters. The number of carbonyl (C=O) groups is 1. The maximum atomic E-state index is 11.8. The Morgan fingerprint density at radius 3 is 2.67 bits per heavy atom. The number of ether oxygens (including phenoxy) is 1. The van der Waals surface area contributed by atoms with Crippen molar-refractivity contribution in [2.75, 3.05) is 39.4 Å². The highest BCUT2D eigenvalue weighted by atomic mass is 16.5. The number of hydrogen-bond donors (Lipinski definition) is 3. The molecular formula is C14H20N4O3. The van der Waals surface area contributed by atoms with Gasteiger partial charge >= 0.3 is 0 Å². The van der Waals surface area contributed by atoms with Gasteiger partial charge in [-0.1, -0.05) is 0 Å². The van der Waals surface area contributed by atoms with E-state index in [0.717, 1.165) is 13.1 Å². The third kappa shape index (κ3) is 4.64. The first-order valence-electron chi connectivity index (χ1n) is 6.86. The predicted molar refractivity (Wildman–Crippen MR) is 79.3 cm³/mol. The zero-order valence-corrected chi connectivity index (χ0v) is 11.8. The minimum Gasteiger partial charge on any atom is -0.508 e. The summed E-state index contributed by atoms with van der Waals surface area (Å²) >= 11 is 0. The molecule has 4 N–H and O–H groups in total. The summed E-state index contributed by atoms with van der Waals surface area (Å²) in [6.45, 7) is 3.64. The maximum absolute atomic E-state index is 11.8.